The predicted molar refractivity (Wildman–Crippen MR) is 60.0 cm³/mol. The van der Waals surface area contributed by atoms with Crippen LogP contribution in [-0.4, -0.2) is 11.1 Å². The largest absolute Gasteiger partial charge is 0.481 e. The molecule has 0 aromatic heterocycles. The van der Waals surface area contributed by atoms with Crippen molar-refractivity contribution in [1.82, 2.24) is 0 Å². The molecule has 0 spiro atoms. The van der Waals surface area contributed by atoms with Gasteiger partial charge in [0.25, 0.3) is 0 Å². The zero-order chi connectivity index (χ0) is 10.7. The lowest BCUT2D eigenvalue weighted by Crippen LogP contribution is -2.03. The molecule has 1 N–H and O–H groups in total. The highest BCUT2D eigenvalue weighted by Crippen LogP contribution is 2.18. The second kappa shape index (κ2) is 4.42. The fourth-order valence-corrected chi connectivity index (χ4v) is 1.90. The summed E-state index contributed by atoms with van der Waals surface area (Å²) in [7, 11) is 0. The third-order valence-electron chi connectivity index (χ3n) is 1.89. The number of rotatable bonds is 2. The van der Waals surface area contributed by atoms with Crippen LogP contribution in [0.25, 0.3) is 0 Å². The third kappa shape index (κ3) is 2.45. The first-order chi connectivity index (χ1) is 6.54. The van der Waals surface area contributed by atoms with Gasteiger partial charge in [-0.15, -0.1) is 0 Å². The number of hydrogen-bond acceptors (Lipinski definition) is 2. The number of halogens is 1. The van der Waals surface area contributed by atoms with Crippen LogP contribution < -0.4 is 0 Å². The lowest BCUT2D eigenvalue weighted by Gasteiger charge is -2.04. The van der Waals surface area contributed by atoms with E-state index < -0.39 is 5.97 Å². The van der Waals surface area contributed by atoms with Crippen LogP contribution in [0, 0.1) is 21.8 Å². The Hall–Kier alpha value is -1.09. The summed E-state index contributed by atoms with van der Waals surface area (Å²) in [5.74, 6) is -0.877. The fourth-order valence-electron chi connectivity index (χ4n) is 1.16. The number of aliphatic carboxylic acids is 1. The molecule has 0 saturated carbocycles. The van der Waals surface area contributed by atoms with Crippen molar-refractivity contribution in [2.45, 2.75) is 13.3 Å². The van der Waals surface area contributed by atoms with Crippen molar-refractivity contribution < 1.29 is 9.90 Å². The van der Waals surface area contributed by atoms with E-state index in [0.717, 1.165) is 9.13 Å². The summed E-state index contributed by atoms with van der Waals surface area (Å²) in [5.41, 5.74) is 2.15. The number of carboxylic acids is 1. The Morgan fingerprint density at radius 1 is 1.64 bits per heavy atom. The smallest absolute Gasteiger partial charge is 0.307 e. The van der Waals surface area contributed by atoms with Crippen LogP contribution in [-0.2, 0) is 11.2 Å². The van der Waals surface area contributed by atoms with Crippen molar-refractivity contribution in [3.63, 3.8) is 0 Å². The van der Waals surface area contributed by atoms with Crippen molar-refractivity contribution in [3.8, 4) is 6.07 Å². The van der Waals surface area contributed by atoms with Crippen molar-refractivity contribution in [2.75, 3.05) is 0 Å². The minimum atomic E-state index is -0.877. The van der Waals surface area contributed by atoms with Crippen molar-refractivity contribution in [3.05, 3.63) is 32.4 Å². The fraction of sp³-hybridized carbons (Fsp3) is 0.200. The predicted octanol–water partition coefficient (Wildman–Crippen LogP) is 2.10. The molecule has 0 atom stereocenters. The molecule has 72 valence electrons. The van der Waals surface area contributed by atoms with Crippen LogP contribution in [0.15, 0.2) is 12.1 Å². The SMILES string of the molecule is Cc1cc(I)c(C#N)cc1CC(=O)O. The second-order valence-corrected chi connectivity index (χ2v) is 4.10. The molecule has 0 amide bonds. The number of carbonyl (C=O) groups is 1. The number of nitrogens with zero attached hydrogens (tertiary/aromatic N) is 1. The molecule has 0 aliphatic heterocycles. The van der Waals surface area contributed by atoms with Crippen LogP contribution in [0.4, 0.5) is 0 Å². The summed E-state index contributed by atoms with van der Waals surface area (Å²) in [6.45, 7) is 1.85. The summed E-state index contributed by atoms with van der Waals surface area (Å²) in [6, 6.07) is 5.51. The molecule has 0 fully saturated rings. The van der Waals surface area contributed by atoms with Crippen molar-refractivity contribution >= 4 is 28.6 Å². The van der Waals surface area contributed by atoms with Gasteiger partial charge in [0.15, 0.2) is 0 Å². The molecule has 1 aromatic rings. The molecular weight excluding hydrogens is 293 g/mol. The van der Waals surface area contributed by atoms with E-state index in [1.165, 1.54) is 0 Å². The Balaban J connectivity index is 3.19. The highest BCUT2D eigenvalue weighted by molar-refractivity contribution is 14.1. The van der Waals surface area contributed by atoms with Gasteiger partial charge in [0.05, 0.1) is 12.0 Å². The molecule has 0 aliphatic carbocycles. The summed E-state index contributed by atoms with van der Waals surface area (Å²) < 4.78 is 0.858. The molecule has 1 aromatic carbocycles. The van der Waals surface area contributed by atoms with Gasteiger partial charge >= 0.3 is 5.97 Å². The number of nitriles is 1. The molecule has 0 heterocycles. The van der Waals surface area contributed by atoms with Gasteiger partial charge in [-0.3, -0.25) is 4.79 Å². The highest BCUT2D eigenvalue weighted by Gasteiger charge is 2.08. The summed E-state index contributed by atoms with van der Waals surface area (Å²) in [6.07, 6.45) is -0.0303. The summed E-state index contributed by atoms with van der Waals surface area (Å²) >= 11 is 2.07. The maximum absolute atomic E-state index is 10.5. The molecule has 0 bridgehead atoms. The zero-order valence-electron chi connectivity index (χ0n) is 7.54. The van der Waals surface area contributed by atoms with E-state index in [0.29, 0.717) is 11.1 Å². The van der Waals surface area contributed by atoms with E-state index in [-0.39, 0.29) is 6.42 Å². The Morgan fingerprint density at radius 3 is 2.79 bits per heavy atom. The first-order valence-electron chi connectivity index (χ1n) is 3.95. The zero-order valence-corrected chi connectivity index (χ0v) is 9.70. The monoisotopic (exact) mass is 301 g/mol. The van der Waals surface area contributed by atoms with Gasteiger partial charge in [-0.2, -0.15) is 5.26 Å². The molecular formula is C10H8INO2. The van der Waals surface area contributed by atoms with Gasteiger partial charge in [-0.05, 0) is 52.8 Å². The number of carboxylic acid groups (broad SMARTS) is 1. The van der Waals surface area contributed by atoms with Crippen LogP contribution in [0.3, 0.4) is 0 Å². The van der Waals surface area contributed by atoms with Gasteiger partial charge in [-0.1, -0.05) is 0 Å². The van der Waals surface area contributed by atoms with Crippen LogP contribution in [0.2, 0.25) is 0 Å². The molecule has 3 nitrogen and oxygen atoms in total. The lowest BCUT2D eigenvalue weighted by molar-refractivity contribution is -0.136. The average Bonchev–Trinajstić information content (AvgIpc) is 2.09. The third-order valence-corrected chi connectivity index (χ3v) is 2.78. The molecule has 14 heavy (non-hydrogen) atoms. The van der Waals surface area contributed by atoms with Crippen LogP contribution in [0.5, 0.6) is 0 Å². The average molecular weight is 301 g/mol. The Morgan fingerprint density at radius 2 is 2.29 bits per heavy atom. The second-order valence-electron chi connectivity index (χ2n) is 2.94. The first kappa shape index (κ1) is 11.0. The lowest BCUT2D eigenvalue weighted by atomic mass is 10.0. The van der Waals surface area contributed by atoms with E-state index >= 15 is 0 Å². The number of aryl methyl sites for hydroxylation is 1. The normalized spacial score (nSPS) is 9.50. The topological polar surface area (TPSA) is 61.1 Å². The number of benzene rings is 1. The van der Waals surface area contributed by atoms with Crippen LogP contribution in [0.1, 0.15) is 16.7 Å². The standard InChI is InChI=1S/C10H8INO2/c1-6-2-9(11)8(5-12)3-7(6)4-10(13)14/h2-3H,4H2,1H3,(H,13,14). The minimum Gasteiger partial charge on any atom is -0.481 e. The van der Waals surface area contributed by atoms with Crippen LogP contribution >= 0.6 is 22.6 Å². The maximum atomic E-state index is 10.5. The highest BCUT2D eigenvalue weighted by atomic mass is 127. The van der Waals surface area contributed by atoms with Crippen molar-refractivity contribution in [1.29, 1.82) is 5.26 Å². The molecule has 0 aliphatic rings. The van der Waals surface area contributed by atoms with Crippen molar-refractivity contribution in [2.24, 2.45) is 0 Å². The minimum absolute atomic E-state index is 0.0303. The number of hydrogen-bond donors (Lipinski definition) is 1. The van der Waals surface area contributed by atoms with E-state index in [9.17, 15) is 4.79 Å². The molecule has 0 unspecified atom stereocenters. The van der Waals surface area contributed by atoms with Gasteiger partial charge in [-0.25, -0.2) is 0 Å². The summed E-state index contributed by atoms with van der Waals surface area (Å²) in [4.78, 5) is 10.5. The van der Waals surface area contributed by atoms with E-state index in [1.54, 1.807) is 6.07 Å². The molecule has 0 saturated heterocycles. The quantitative estimate of drug-likeness (QED) is 0.851. The van der Waals surface area contributed by atoms with Gasteiger partial charge in [0, 0.05) is 3.57 Å². The molecule has 0 radical (unpaired) electrons. The van der Waals surface area contributed by atoms with Gasteiger partial charge in [0.2, 0.25) is 0 Å². The van der Waals surface area contributed by atoms with Gasteiger partial charge in [0.1, 0.15) is 6.07 Å². The maximum Gasteiger partial charge on any atom is 0.307 e. The molecule has 1 rings (SSSR count). The Bertz CT molecular complexity index is 421. The molecule has 4 heteroatoms. The first-order valence-corrected chi connectivity index (χ1v) is 5.03. The summed E-state index contributed by atoms with van der Waals surface area (Å²) in [5, 5.41) is 17.4. The Kier molecular flexibility index (Phi) is 3.47. The Labute approximate surface area is 95.5 Å². The van der Waals surface area contributed by atoms with Gasteiger partial charge < -0.3 is 5.11 Å². The van der Waals surface area contributed by atoms with E-state index in [4.69, 9.17) is 10.4 Å². The van der Waals surface area contributed by atoms with E-state index in [1.807, 2.05) is 19.1 Å². The van der Waals surface area contributed by atoms with E-state index in [2.05, 4.69) is 22.6 Å².